The maximum atomic E-state index is 11.2. The predicted octanol–water partition coefficient (Wildman–Crippen LogP) is 5.95. The molecule has 5 nitrogen and oxygen atoms in total. The molecule has 3 rings (SSSR count). The molecule has 1 aliphatic heterocycles. The van der Waals surface area contributed by atoms with Gasteiger partial charge in [-0.25, -0.2) is 4.74 Å². The average Bonchev–Trinajstić information content (AvgIpc) is 2.66. The molecule has 0 aromatic heterocycles. The minimum absolute atomic E-state index is 0.0870. The number of nitrogens with zero attached hydrogens (tertiary/aromatic N) is 3. The van der Waals surface area contributed by atoms with Gasteiger partial charge in [0.2, 0.25) is 0 Å². The highest BCUT2D eigenvalue weighted by Gasteiger charge is 2.41. The maximum Gasteiger partial charge on any atom is 0.271 e. The number of piperidine rings is 1. The van der Waals surface area contributed by atoms with Crippen molar-refractivity contribution < 1.29 is 4.92 Å². The third-order valence-electron chi connectivity index (χ3n) is 5.09. The summed E-state index contributed by atoms with van der Waals surface area (Å²) >= 11 is 0. The van der Waals surface area contributed by atoms with Gasteiger partial charge >= 0.3 is 0 Å². The van der Waals surface area contributed by atoms with Gasteiger partial charge in [0.1, 0.15) is 0 Å². The number of nitro groups is 1. The van der Waals surface area contributed by atoms with Gasteiger partial charge in [0.15, 0.2) is 0 Å². The first-order chi connectivity index (χ1) is 12.8. The monoisotopic (exact) mass is 385 g/mol. The standard InChI is InChI=1S/C21H28N3O2P/c1-21(2,3)27(20-13-6-4-7-14-20,23-15-8-5-9-16-23)22-18-11-10-12-19(17-18)24(25)26/h4,6-7,10-14,17H,5,8-9,15-16H2,1-3H3/t27-/m1/s1. The lowest BCUT2D eigenvalue weighted by Crippen LogP contribution is -2.39. The summed E-state index contributed by atoms with van der Waals surface area (Å²) in [5.41, 5.74) is 0.789. The lowest BCUT2D eigenvalue weighted by molar-refractivity contribution is -0.384. The van der Waals surface area contributed by atoms with Gasteiger partial charge in [-0.05, 0) is 18.9 Å². The zero-order valence-electron chi connectivity index (χ0n) is 16.3. The van der Waals surface area contributed by atoms with E-state index < -0.39 is 7.21 Å². The molecule has 144 valence electrons. The van der Waals surface area contributed by atoms with Crippen LogP contribution in [0.1, 0.15) is 40.0 Å². The van der Waals surface area contributed by atoms with Crippen molar-refractivity contribution in [1.82, 2.24) is 4.67 Å². The highest BCUT2D eigenvalue weighted by molar-refractivity contribution is 7.73. The number of benzene rings is 2. The Balaban J connectivity index is 2.28. The fourth-order valence-electron chi connectivity index (χ4n) is 3.88. The second-order valence-electron chi connectivity index (χ2n) is 8.00. The molecule has 2 aromatic carbocycles. The van der Waals surface area contributed by atoms with Crippen molar-refractivity contribution >= 4 is 23.9 Å². The maximum absolute atomic E-state index is 11.2. The quantitative estimate of drug-likeness (QED) is 0.371. The van der Waals surface area contributed by atoms with Gasteiger partial charge in [0.25, 0.3) is 5.69 Å². The Kier molecular flexibility index (Phi) is 5.83. The Morgan fingerprint density at radius 1 is 1.00 bits per heavy atom. The molecule has 0 N–H and O–H groups in total. The van der Waals surface area contributed by atoms with E-state index in [0.717, 1.165) is 13.1 Å². The Hall–Kier alpha value is -1.97. The summed E-state index contributed by atoms with van der Waals surface area (Å²) in [6.45, 7) is 8.81. The summed E-state index contributed by atoms with van der Waals surface area (Å²) in [5, 5.41) is 12.4. The molecule has 27 heavy (non-hydrogen) atoms. The van der Waals surface area contributed by atoms with E-state index in [1.54, 1.807) is 12.1 Å². The molecule has 0 bridgehead atoms. The summed E-state index contributed by atoms with van der Waals surface area (Å²) in [4.78, 5) is 10.9. The molecular formula is C21H28N3O2P. The molecule has 0 saturated carbocycles. The molecule has 0 aliphatic carbocycles. The van der Waals surface area contributed by atoms with E-state index in [4.69, 9.17) is 4.74 Å². The van der Waals surface area contributed by atoms with Crippen molar-refractivity contribution in [2.75, 3.05) is 13.1 Å². The molecule has 1 fully saturated rings. The highest BCUT2D eigenvalue weighted by atomic mass is 31.2. The van der Waals surface area contributed by atoms with Crippen LogP contribution in [0.5, 0.6) is 0 Å². The van der Waals surface area contributed by atoms with Gasteiger partial charge in [0.05, 0.1) is 17.8 Å². The summed E-state index contributed by atoms with van der Waals surface area (Å²) < 4.78 is 7.90. The molecule has 0 radical (unpaired) electrons. The predicted molar refractivity (Wildman–Crippen MR) is 113 cm³/mol. The summed E-state index contributed by atoms with van der Waals surface area (Å²) in [7, 11) is -2.14. The normalized spacial score (nSPS) is 17.9. The highest BCUT2D eigenvalue weighted by Crippen LogP contribution is 2.64. The van der Waals surface area contributed by atoms with Crippen LogP contribution in [0.25, 0.3) is 0 Å². The fraction of sp³-hybridized carbons (Fsp3) is 0.429. The lowest BCUT2D eigenvalue weighted by atomic mass is 10.2. The molecule has 0 amide bonds. The molecule has 6 heteroatoms. The van der Waals surface area contributed by atoms with Crippen molar-refractivity contribution in [3.8, 4) is 0 Å². The molecule has 1 heterocycles. The van der Waals surface area contributed by atoms with Gasteiger partial charge in [0, 0.05) is 35.7 Å². The van der Waals surface area contributed by atoms with Crippen LogP contribution < -0.4 is 5.30 Å². The topological polar surface area (TPSA) is 58.7 Å². The third kappa shape index (κ3) is 3.99. The van der Waals surface area contributed by atoms with Gasteiger partial charge in [-0.2, -0.15) is 0 Å². The Bertz CT molecular complexity index is 853. The molecule has 0 unspecified atom stereocenters. The number of hydrogen-bond acceptors (Lipinski definition) is 3. The molecular weight excluding hydrogens is 357 g/mol. The van der Waals surface area contributed by atoms with Gasteiger partial charge in [-0.3, -0.25) is 14.8 Å². The van der Waals surface area contributed by atoms with E-state index in [2.05, 4.69) is 49.7 Å². The SMILES string of the molecule is CC(C)(C)[P@@](=Nc1cccc([N+](=O)[O-])c1)(c1ccccc1)N1CCCCC1. The summed E-state index contributed by atoms with van der Waals surface area (Å²) in [5.74, 6) is 0. The third-order valence-corrected chi connectivity index (χ3v) is 9.72. The average molecular weight is 385 g/mol. The van der Waals surface area contributed by atoms with E-state index in [9.17, 15) is 10.1 Å². The minimum Gasteiger partial charge on any atom is -0.265 e. The summed E-state index contributed by atoms with van der Waals surface area (Å²) in [6, 6.07) is 17.3. The van der Waals surface area contributed by atoms with Gasteiger partial charge < -0.3 is 0 Å². The van der Waals surface area contributed by atoms with Crippen LogP contribution in [0.3, 0.4) is 0 Å². The zero-order chi connectivity index (χ0) is 19.5. The summed E-state index contributed by atoms with van der Waals surface area (Å²) in [6.07, 6.45) is 3.61. The van der Waals surface area contributed by atoms with Crippen LogP contribution in [0.4, 0.5) is 11.4 Å². The van der Waals surface area contributed by atoms with E-state index in [0.29, 0.717) is 5.69 Å². The first-order valence-electron chi connectivity index (χ1n) is 9.52. The number of rotatable bonds is 4. The van der Waals surface area contributed by atoms with Crippen molar-refractivity contribution in [2.45, 2.75) is 45.2 Å². The zero-order valence-corrected chi connectivity index (χ0v) is 17.2. The first-order valence-corrected chi connectivity index (χ1v) is 11.2. The Labute approximate surface area is 161 Å². The van der Waals surface area contributed by atoms with Crippen LogP contribution in [-0.2, 0) is 0 Å². The van der Waals surface area contributed by atoms with Gasteiger partial charge in [-0.1, -0.05) is 63.6 Å². The van der Waals surface area contributed by atoms with Crippen LogP contribution >= 0.6 is 7.21 Å². The molecule has 1 aliphatic rings. The molecule has 1 saturated heterocycles. The number of hydrogen-bond donors (Lipinski definition) is 0. The van der Waals surface area contributed by atoms with Crippen LogP contribution in [-0.4, -0.2) is 27.8 Å². The first kappa shape index (κ1) is 19.8. The lowest BCUT2D eigenvalue weighted by Gasteiger charge is -2.47. The molecule has 1 atom stereocenters. The van der Waals surface area contributed by atoms with E-state index >= 15 is 0 Å². The molecule has 0 spiro atoms. The smallest absolute Gasteiger partial charge is 0.265 e. The van der Waals surface area contributed by atoms with Crippen molar-refractivity contribution in [1.29, 1.82) is 0 Å². The largest absolute Gasteiger partial charge is 0.271 e. The molecule has 2 aromatic rings. The van der Waals surface area contributed by atoms with Gasteiger partial charge in [-0.15, -0.1) is 0 Å². The minimum atomic E-state index is -2.14. The number of nitro benzene ring substituents is 1. The number of non-ortho nitro benzene ring substituents is 1. The second kappa shape index (κ2) is 7.95. The van der Waals surface area contributed by atoms with Crippen LogP contribution in [0, 0.1) is 10.1 Å². The van der Waals surface area contributed by atoms with Crippen LogP contribution in [0.2, 0.25) is 0 Å². The van der Waals surface area contributed by atoms with Crippen molar-refractivity contribution in [3.63, 3.8) is 0 Å². The van der Waals surface area contributed by atoms with Crippen molar-refractivity contribution in [2.24, 2.45) is 4.74 Å². The van der Waals surface area contributed by atoms with E-state index in [1.807, 2.05) is 12.1 Å². The Morgan fingerprint density at radius 2 is 1.67 bits per heavy atom. The van der Waals surface area contributed by atoms with E-state index in [-0.39, 0.29) is 15.8 Å². The Morgan fingerprint density at radius 3 is 2.26 bits per heavy atom. The van der Waals surface area contributed by atoms with Crippen molar-refractivity contribution in [3.05, 3.63) is 64.7 Å². The van der Waals surface area contributed by atoms with Crippen LogP contribution in [0.15, 0.2) is 59.3 Å². The second-order valence-corrected chi connectivity index (χ2v) is 11.8. The van der Waals surface area contributed by atoms with E-state index in [1.165, 1.54) is 30.6 Å². The fourth-order valence-corrected chi connectivity index (χ4v) is 8.28.